The minimum Gasteiger partial charge on any atom is -0.463 e. The second-order valence-corrected chi connectivity index (χ2v) is 9.41. The summed E-state index contributed by atoms with van der Waals surface area (Å²) in [5.74, 6) is -1.72. The third-order valence-corrected chi connectivity index (χ3v) is 6.41. The monoisotopic (exact) mass is 515 g/mol. The van der Waals surface area contributed by atoms with Crippen LogP contribution in [0.15, 0.2) is 40.2 Å². The quantitative estimate of drug-likeness (QED) is 0.412. The predicted molar refractivity (Wildman–Crippen MR) is 117 cm³/mol. The highest BCUT2D eigenvalue weighted by Crippen LogP contribution is 2.36. The number of hydrogen-bond donors (Lipinski definition) is 1. The van der Waals surface area contributed by atoms with Crippen molar-refractivity contribution in [2.45, 2.75) is 50.2 Å². The fraction of sp³-hybridized carbons (Fsp3) is 0.400. The van der Waals surface area contributed by atoms with Crippen molar-refractivity contribution < 1.29 is 36.4 Å². The second kappa shape index (κ2) is 10.1. The van der Waals surface area contributed by atoms with Crippen molar-refractivity contribution in [1.29, 1.82) is 0 Å². The second-order valence-electron chi connectivity index (χ2n) is 7.43. The van der Waals surface area contributed by atoms with Crippen LogP contribution in [0.25, 0.3) is 0 Å². The number of esters is 2. The highest BCUT2D eigenvalue weighted by molar-refractivity contribution is 7.86. The van der Waals surface area contributed by atoms with E-state index in [2.05, 4.69) is 4.98 Å². The first-order chi connectivity index (χ1) is 15.9. The zero-order valence-corrected chi connectivity index (χ0v) is 19.9. The Labute approximate surface area is 199 Å². The van der Waals surface area contributed by atoms with Gasteiger partial charge in [-0.2, -0.15) is 13.4 Å². The molecule has 1 aromatic carbocycles. The van der Waals surface area contributed by atoms with Crippen molar-refractivity contribution in [3.8, 4) is 0 Å². The van der Waals surface area contributed by atoms with Gasteiger partial charge < -0.3 is 19.9 Å². The van der Waals surface area contributed by atoms with Crippen LogP contribution < -0.4 is 11.4 Å². The van der Waals surface area contributed by atoms with Crippen LogP contribution in [0.1, 0.15) is 25.6 Å². The number of hydrogen-bond acceptors (Lipinski definition) is 11. The van der Waals surface area contributed by atoms with Crippen LogP contribution in [0.5, 0.6) is 0 Å². The predicted octanol–water partition coefficient (Wildman–Crippen LogP) is 0.954. The maximum atomic E-state index is 13.0. The van der Waals surface area contributed by atoms with Crippen LogP contribution >= 0.6 is 11.6 Å². The van der Waals surface area contributed by atoms with E-state index >= 15 is 0 Å². The summed E-state index contributed by atoms with van der Waals surface area (Å²) in [5, 5.41) is -0.0991. The van der Waals surface area contributed by atoms with E-state index in [1.54, 1.807) is 19.1 Å². The van der Waals surface area contributed by atoms with Gasteiger partial charge in [0.1, 0.15) is 24.6 Å². The molecule has 0 amide bonds. The average Bonchev–Trinajstić information content (AvgIpc) is 3.05. The molecule has 1 aromatic heterocycles. The summed E-state index contributed by atoms with van der Waals surface area (Å²) >= 11 is 5.99. The Morgan fingerprint density at radius 2 is 1.82 bits per heavy atom. The van der Waals surface area contributed by atoms with Crippen molar-refractivity contribution in [2.24, 2.45) is 0 Å². The number of nitrogens with two attached hydrogens (primary N) is 1. The molecular formula is C20H22ClN3O9S. The number of ether oxygens (including phenoxy) is 3. The average molecular weight is 516 g/mol. The van der Waals surface area contributed by atoms with Gasteiger partial charge in [0.15, 0.2) is 12.3 Å². The Balaban J connectivity index is 2.05. The van der Waals surface area contributed by atoms with Gasteiger partial charge in [0, 0.05) is 20.0 Å². The molecule has 0 radical (unpaired) electrons. The summed E-state index contributed by atoms with van der Waals surface area (Å²) in [6.45, 7) is 3.55. The molecule has 14 heteroatoms. The van der Waals surface area contributed by atoms with Gasteiger partial charge in [-0.05, 0) is 19.1 Å². The van der Waals surface area contributed by atoms with E-state index < -0.39 is 58.9 Å². The molecule has 1 aliphatic heterocycles. The van der Waals surface area contributed by atoms with Crippen LogP contribution in [0.4, 0.5) is 5.82 Å². The Bertz CT molecular complexity index is 1250. The van der Waals surface area contributed by atoms with E-state index in [0.717, 1.165) is 30.2 Å². The van der Waals surface area contributed by atoms with E-state index in [9.17, 15) is 22.8 Å². The Kier molecular flexibility index (Phi) is 7.60. The van der Waals surface area contributed by atoms with E-state index in [1.165, 1.54) is 12.1 Å². The molecule has 34 heavy (non-hydrogen) atoms. The third-order valence-electron chi connectivity index (χ3n) is 4.79. The summed E-state index contributed by atoms with van der Waals surface area (Å²) in [5.41, 5.74) is 5.47. The van der Waals surface area contributed by atoms with Crippen molar-refractivity contribution in [3.63, 3.8) is 0 Å². The molecule has 1 aliphatic rings. The molecule has 184 valence electrons. The van der Waals surface area contributed by atoms with Crippen molar-refractivity contribution in [2.75, 3.05) is 12.3 Å². The number of nitrogen functional groups attached to an aromatic ring is 1. The first-order valence-electron chi connectivity index (χ1n) is 9.89. The van der Waals surface area contributed by atoms with Gasteiger partial charge in [0.25, 0.3) is 10.1 Å². The van der Waals surface area contributed by atoms with Gasteiger partial charge in [0.2, 0.25) is 0 Å². The van der Waals surface area contributed by atoms with Gasteiger partial charge in [0.05, 0.1) is 9.92 Å². The zero-order valence-electron chi connectivity index (χ0n) is 18.3. The standard InChI is InChI=1S/C20H22ClN3O9S/c1-10-4-6-13(7-5-10)34(28,29)33-16-15(9-30-11(2)25)32-19(17(16)31-12(3)26)24-8-14(21)18(22)23-20(24)27/h4-8,15-17,19H,9H2,1-3H3,(H2,22,23,27)/t15-,16+,17-,19-/m1/s1. The number of carbonyl (C=O) groups is 2. The summed E-state index contributed by atoms with van der Waals surface area (Å²) < 4.78 is 48.3. The van der Waals surface area contributed by atoms with Crippen molar-refractivity contribution in [1.82, 2.24) is 9.55 Å². The Hall–Kier alpha value is -3.00. The van der Waals surface area contributed by atoms with Crippen molar-refractivity contribution >= 4 is 39.5 Å². The maximum absolute atomic E-state index is 13.0. The molecule has 0 aliphatic carbocycles. The minimum absolute atomic E-state index is 0.0991. The molecule has 2 aromatic rings. The Morgan fingerprint density at radius 1 is 1.18 bits per heavy atom. The molecule has 1 fully saturated rings. The smallest absolute Gasteiger partial charge is 0.351 e. The zero-order chi connectivity index (χ0) is 25.2. The minimum atomic E-state index is -4.39. The SMILES string of the molecule is CC(=O)OC[C@H]1O[C@@H](n2cc(Cl)c(N)nc2=O)[C@H](OC(C)=O)[C@H]1OS(=O)(=O)c1ccc(C)cc1. The molecular weight excluding hydrogens is 494 g/mol. The number of halogens is 1. The molecule has 3 rings (SSSR count). The molecule has 0 bridgehead atoms. The Morgan fingerprint density at radius 3 is 2.41 bits per heavy atom. The van der Waals surface area contributed by atoms with Crippen LogP contribution in [-0.2, 0) is 38.1 Å². The van der Waals surface area contributed by atoms with Gasteiger partial charge in [-0.1, -0.05) is 29.3 Å². The molecule has 0 unspecified atom stereocenters. The molecule has 0 spiro atoms. The number of aromatic nitrogens is 2. The van der Waals surface area contributed by atoms with E-state index in [1.807, 2.05) is 0 Å². The highest BCUT2D eigenvalue weighted by Gasteiger charge is 2.51. The van der Waals surface area contributed by atoms with E-state index in [0.29, 0.717) is 0 Å². The normalized spacial score (nSPS) is 22.4. The van der Waals surface area contributed by atoms with Crippen LogP contribution in [0.2, 0.25) is 5.02 Å². The van der Waals surface area contributed by atoms with Gasteiger partial charge in [-0.15, -0.1) is 0 Å². The van der Waals surface area contributed by atoms with Crippen molar-refractivity contribution in [3.05, 3.63) is 51.5 Å². The fourth-order valence-electron chi connectivity index (χ4n) is 3.25. The number of aryl methyl sites for hydroxylation is 1. The lowest BCUT2D eigenvalue weighted by Crippen LogP contribution is -2.42. The molecule has 12 nitrogen and oxygen atoms in total. The first kappa shape index (κ1) is 25.6. The summed E-state index contributed by atoms with van der Waals surface area (Å²) in [6.07, 6.45) is -4.52. The lowest BCUT2D eigenvalue weighted by Gasteiger charge is -2.24. The number of anilines is 1. The van der Waals surface area contributed by atoms with Gasteiger partial charge >= 0.3 is 17.6 Å². The topological polar surface area (TPSA) is 166 Å². The highest BCUT2D eigenvalue weighted by atomic mass is 35.5. The van der Waals surface area contributed by atoms with Gasteiger partial charge in [-0.25, -0.2) is 4.79 Å². The number of benzene rings is 1. The summed E-state index contributed by atoms with van der Waals surface area (Å²) in [6, 6.07) is 5.83. The van der Waals surface area contributed by atoms with E-state index in [-0.39, 0.29) is 15.7 Å². The lowest BCUT2D eigenvalue weighted by atomic mass is 10.1. The number of carbonyl (C=O) groups excluding carboxylic acids is 2. The first-order valence-corrected chi connectivity index (χ1v) is 11.7. The largest absolute Gasteiger partial charge is 0.463 e. The van der Waals surface area contributed by atoms with Gasteiger partial charge in [-0.3, -0.25) is 18.3 Å². The van der Waals surface area contributed by atoms with Crippen LogP contribution in [0, 0.1) is 6.92 Å². The molecule has 2 N–H and O–H groups in total. The number of nitrogens with zero attached hydrogens (tertiary/aromatic N) is 2. The maximum Gasteiger partial charge on any atom is 0.351 e. The van der Waals surface area contributed by atoms with E-state index in [4.69, 9.17) is 35.7 Å². The molecule has 0 saturated carbocycles. The van der Waals surface area contributed by atoms with Crippen LogP contribution in [-0.4, -0.2) is 54.8 Å². The molecule has 1 saturated heterocycles. The van der Waals surface area contributed by atoms with Crippen LogP contribution in [0.3, 0.4) is 0 Å². The fourth-order valence-corrected chi connectivity index (χ4v) is 4.50. The molecule has 4 atom stereocenters. The summed E-state index contributed by atoms with van der Waals surface area (Å²) in [4.78, 5) is 39.1. The lowest BCUT2D eigenvalue weighted by molar-refractivity contribution is -0.155. The summed E-state index contributed by atoms with van der Waals surface area (Å²) in [7, 11) is -4.39. The molecule has 2 heterocycles. The number of rotatable bonds is 7. The third kappa shape index (κ3) is 5.73.